The molecule has 0 fully saturated rings. The first-order valence-corrected chi connectivity index (χ1v) is 5.39. The SMILES string of the molecule is CC(C)(C)[C@H]1C=CC[C@@H]1C(C)(C)C. The Kier molecular flexibility index (Phi) is 2.62. The topological polar surface area (TPSA) is 0 Å². The number of hydrogen-bond donors (Lipinski definition) is 0. The van der Waals surface area contributed by atoms with Crippen LogP contribution in [-0.2, 0) is 0 Å². The molecular weight excluding hydrogens is 156 g/mol. The largest absolute Gasteiger partial charge is 0.0879 e. The summed E-state index contributed by atoms with van der Waals surface area (Å²) in [6.07, 6.45) is 6.06. The van der Waals surface area contributed by atoms with E-state index in [-0.39, 0.29) is 0 Å². The summed E-state index contributed by atoms with van der Waals surface area (Å²) in [5.41, 5.74) is 0.867. The minimum atomic E-state index is 0.422. The van der Waals surface area contributed by atoms with Crippen LogP contribution in [0.25, 0.3) is 0 Å². The van der Waals surface area contributed by atoms with Gasteiger partial charge in [0.25, 0.3) is 0 Å². The molecule has 1 rings (SSSR count). The molecule has 0 saturated carbocycles. The fourth-order valence-electron chi connectivity index (χ4n) is 2.44. The Morgan fingerprint density at radius 3 is 1.77 bits per heavy atom. The van der Waals surface area contributed by atoms with E-state index < -0.39 is 0 Å². The molecule has 0 aromatic carbocycles. The van der Waals surface area contributed by atoms with Crippen molar-refractivity contribution >= 4 is 0 Å². The smallest absolute Gasteiger partial charge is 0.0148 e. The van der Waals surface area contributed by atoms with Gasteiger partial charge >= 0.3 is 0 Å². The minimum Gasteiger partial charge on any atom is -0.0879 e. The predicted octanol–water partition coefficient (Wildman–Crippen LogP) is 4.27. The molecule has 76 valence electrons. The zero-order valence-electron chi connectivity index (χ0n) is 10.0. The lowest BCUT2D eigenvalue weighted by atomic mass is 9.66. The third kappa shape index (κ3) is 2.36. The van der Waals surface area contributed by atoms with Crippen LogP contribution in [0.3, 0.4) is 0 Å². The minimum absolute atomic E-state index is 0.422. The van der Waals surface area contributed by atoms with Crippen LogP contribution in [-0.4, -0.2) is 0 Å². The molecule has 0 bridgehead atoms. The predicted molar refractivity (Wildman–Crippen MR) is 59.6 cm³/mol. The molecule has 2 atom stereocenters. The third-order valence-electron chi connectivity index (χ3n) is 3.28. The van der Waals surface area contributed by atoms with Gasteiger partial charge in [-0.25, -0.2) is 0 Å². The third-order valence-corrected chi connectivity index (χ3v) is 3.28. The van der Waals surface area contributed by atoms with Crippen LogP contribution < -0.4 is 0 Å². The summed E-state index contributed by atoms with van der Waals surface area (Å²) < 4.78 is 0. The maximum Gasteiger partial charge on any atom is -0.0148 e. The van der Waals surface area contributed by atoms with Gasteiger partial charge in [-0.2, -0.15) is 0 Å². The molecule has 0 unspecified atom stereocenters. The van der Waals surface area contributed by atoms with Crippen molar-refractivity contribution in [2.75, 3.05) is 0 Å². The molecule has 0 heterocycles. The molecular formula is C13H24. The fraction of sp³-hybridized carbons (Fsp3) is 0.846. The van der Waals surface area contributed by atoms with Crippen molar-refractivity contribution in [2.45, 2.75) is 48.0 Å². The summed E-state index contributed by atoms with van der Waals surface area (Å²) in [6.45, 7) is 14.2. The molecule has 0 N–H and O–H groups in total. The molecule has 1 aliphatic carbocycles. The van der Waals surface area contributed by atoms with Crippen molar-refractivity contribution in [1.82, 2.24) is 0 Å². The summed E-state index contributed by atoms with van der Waals surface area (Å²) in [7, 11) is 0. The number of rotatable bonds is 0. The second kappa shape index (κ2) is 3.15. The molecule has 0 amide bonds. The fourth-order valence-corrected chi connectivity index (χ4v) is 2.44. The number of allylic oxidation sites excluding steroid dienone is 2. The van der Waals surface area contributed by atoms with E-state index >= 15 is 0 Å². The van der Waals surface area contributed by atoms with Crippen LogP contribution in [0.4, 0.5) is 0 Å². The first kappa shape index (κ1) is 10.8. The van der Waals surface area contributed by atoms with Crippen LogP contribution in [0, 0.1) is 22.7 Å². The Bertz CT molecular complexity index is 197. The van der Waals surface area contributed by atoms with Crippen molar-refractivity contribution < 1.29 is 0 Å². The van der Waals surface area contributed by atoms with Crippen LogP contribution in [0.15, 0.2) is 12.2 Å². The quantitative estimate of drug-likeness (QED) is 0.488. The normalized spacial score (nSPS) is 29.7. The van der Waals surface area contributed by atoms with Crippen molar-refractivity contribution in [1.29, 1.82) is 0 Å². The molecule has 0 heteroatoms. The van der Waals surface area contributed by atoms with Crippen LogP contribution >= 0.6 is 0 Å². The van der Waals surface area contributed by atoms with Crippen LogP contribution in [0.1, 0.15) is 48.0 Å². The second-order valence-electron chi connectivity index (χ2n) is 6.53. The zero-order chi connectivity index (χ0) is 10.3. The van der Waals surface area contributed by atoms with Crippen molar-refractivity contribution in [3.8, 4) is 0 Å². The van der Waals surface area contributed by atoms with Gasteiger partial charge < -0.3 is 0 Å². The van der Waals surface area contributed by atoms with Crippen molar-refractivity contribution in [2.24, 2.45) is 22.7 Å². The lowest BCUT2D eigenvalue weighted by Gasteiger charge is -2.39. The Morgan fingerprint density at radius 2 is 1.46 bits per heavy atom. The highest BCUT2D eigenvalue weighted by Crippen LogP contribution is 2.47. The van der Waals surface area contributed by atoms with E-state index in [1.807, 2.05) is 0 Å². The summed E-state index contributed by atoms with van der Waals surface area (Å²) in [4.78, 5) is 0. The molecule has 0 aromatic heterocycles. The lowest BCUT2D eigenvalue weighted by Crippen LogP contribution is -2.32. The Labute approximate surface area is 83.4 Å². The highest BCUT2D eigenvalue weighted by Gasteiger charge is 2.38. The molecule has 0 saturated heterocycles. The van der Waals surface area contributed by atoms with Crippen molar-refractivity contribution in [3.63, 3.8) is 0 Å². The standard InChI is InChI=1S/C13H24/c1-12(2,3)10-8-7-9-11(10)13(4,5)6/h7-8,10-11H,9H2,1-6H3/t10-,11-/m0/s1. The molecule has 1 aliphatic rings. The molecule has 0 aliphatic heterocycles. The zero-order valence-corrected chi connectivity index (χ0v) is 10.0. The van der Waals surface area contributed by atoms with E-state index in [2.05, 4.69) is 53.7 Å². The maximum absolute atomic E-state index is 2.43. The Hall–Kier alpha value is -0.260. The van der Waals surface area contributed by atoms with Gasteiger partial charge in [0.15, 0.2) is 0 Å². The van der Waals surface area contributed by atoms with Gasteiger partial charge in [-0.15, -0.1) is 0 Å². The van der Waals surface area contributed by atoms with Gasteiger partial charge in [0.2, 0.25) is 0 Å². The molecule has 0 spiro atoms. The molecule has 0 nitrogen and oxygen atoms in total. The van der Waals surface area contributed by atoms with Gasteiger partial charge in [-0.05, 0) is 29.1 Å². The highest BCUT2D eigenvalue weighted by molar-refractivity contribution is 5.07. The van der Waals surface area contributed by atoms with E-state index in [0.717, 1.165) is 11.8 Å². The van der Waals surface area contributed by atoms with Crippen LogP contribution in [0.2, 0.25) is 0 Å². The summed E-state index contributed by atoms with van der Waals surface area (Å²) in [5.74, 6) is 1.58. The monoisotopic (exact) mass is 180 g/mol. The molecule has 0 aromatic rings. The first-order chi connectivity index (χ1) is 5.73. The van der Waals surface area contributed by atoms with Gasteiger partial charge in [-0.3, -0.25) is 0 Å². The van der Waals surface area contributed by atoms with E-state index in [1.54, 1.807) is 0 Å². The average Bonchev–Trinajstić information content (AvgIpc) is 2.27. The van der Waals surface area contributed by atoms with Crippen LogP contribution in [0.5, 0.6) is 0 Å². The van der Waals surface area contributed by atoms with E-state index in [0.29, 0.717) is 10.8 Å². The van der Waals surface area contributed by atoms with Crippen molar-refractivity contribution in [3.05, 3.63) is 12.2 Å². The van der Waals surface area contributed by atoms with E-state index in [1.165, 1.54) is 6.42 Å². The number of hydrogen-bond acceptors (Lipinski definition) is 0. The summed E-state index contributed by atoms with van der Waals surface area (Å²) >= 11 is 0. The Morgan fingerprint density at radius 1 is 0.923 bits per heavy atom. The highest BCUT2D eigenvalue weighted by atomic mass is 14.4. The summed E-state index contributed by atoms with van der Waals surface area (Å²) in [6, 6.07) is 0. The van der Waals surface area contributed by atoms with E-state index in [9.17, 15) is 0 Å². The lowest BCUT2D eigenvalue weighted by molar-refractivity contribution is 0.120. The van der Waals surface area contributed by atoms with E-state index in [4.69, 9.17) is 0 Å². The molecule has 0 radical (unpaired) electrons. The van der Waals surface area contributed by atoms with Gasteiger partial charge in [-0.1, -0.05) is 53.7 Å². The maximum atomic E-state index is 2.43. The molecule has 13 heavy (non-hydrogen) atoms. The van der Waals surface area contributed by atoms with Gasteiger partial charge in [0, 0.05) is 0 Å². The van der Waals surface area contributed by atoms with Gasteiger partial charge in [0.1, 0.15) is 0 Å². The Balaban J connectivity index is 2.81. The average molecular weight is 180 g/mol. The summed E-state index contributed by atoms with van der Waals surface area (Å²) in [5, 5.41) is 0. The second-order valence-corrected chi connectivity index (χ2v) is 6.53. The van der Waals surface area contributed by atoms with Gasteiger partial charge in [0.05, 0.1) is 0 Å². The first-order valence-electron chi connectivity index (χ1n) is 5.39.